The minimum atomic E-state index is 0. The molecule has 0 radical (unpaired) electrons. The van der Waals surface area contributed by atoms with Gasteiger partial charge in [0.25, 0.3) is 0 Å². The average molecular weight is 510 g/mol. The van der Waals surface area contributed by atoms with Crippen molar-refractivity contribution >= 4 is 35.8 Å². The summed E-state index contributed by atoms with van der Waals surface area (Å²) in [5.41, 5.74) is 0. The summed E-state index contributed by atoms with van der Waals surface area (Å²) in [6, 6.07) is 10.4. The third kappa shape index (κ3) is 5.42. The number of hydrogen-bond acceptors (Lipinski definition) is 5. The molecule has 4 rings (SSSR count). The highest BCUT2D eigenvalue weighted by Crippen LogP contribution is 2.25. The molecule has 0 spiro atoms. The molecule has 0 bridgehead atoms. The molecular formula is C21H31IN6O. The first-order valence-corrected chi connectivity index (χ1v) is 10.2. The summed E-state index contributed by atoms with van der Waals surface area (Å²) in [5.74, 6) is 3.05. The second-order valence-corrected chi connectivity index (χ2v) is 7.36. The molecule has 0 saturated carbocycles. The van der Waals surface area contributed by atoms with E-state index in [9.17, 15) is 0 Å². The van der Waals surface area contributed by atoms with Gasteiger partial charge in [0.2, 0.25) is 0 Å². The van der Waals surface area contributed by atoms with Crippen molar-refractivity contribution in [2.45, 2.75) is 18.9 Å². The van der Waals surface area contributed by atoms with E-state index < -0.39 is 0 Å². The first kappa shape index (κ1) is 21.9. The third-order valence-corrected chi connectivity index (χ3v) is 5.67. The van der Waals surface area contributed by atoms with E-state index in [-0.39, 0.29) is 30.0 Å². The number of rotatable bonds is 5. The fourth-order valence-electron chi connectivity index (χ4n) is 4.15. The van der Waals surface area contributed by atoms with Crippen LogP contribution in [0.4, 0.5) is 5.82 Å². The molecule has 1 N–H and O–H groups in total. The van der Waals surface area contributed by atoms with Crippen LogP contribution in [-0.2, 0) is 0 Å². The van der Waals surface area contributed by atoms with E-state index in [4.69, 9.17) is 4.42 Å². The van der Waals surface area contributed by atoms with Crippen molar-refractivity contribution in [3.8, 4) is 0 Å². The van der Waals surface area contributed by atoms with E-state index in [0.717, 1.165) is 63.4 Å². The summed E-state index contributed by atoms with van der Waals surface area (Å²) in [6.07, 6.45) is 6.15. The lowest BCUT2D eigenvalue weighted by atomic mass is 10.2. The summed E-state index contributed by atoms with van der Waals surface area (Å²) >= 11 is 0. The second kappa shape index (κ2) is 10.8. The molecule has 1 unspecified atom stereocenters. The van der Waals surface area contributed by atoms with Gasteiger partial charge < -0.3 is 19.5 Å². The molecule has 0 aromatic carbocycles. The van der Waals surface area contributed by atoms with E-state index in [1.807, 2.05) is 31.4 Å². The fourth-order valence-corrected chi connectivity index (χ4v) is 4.15. The number of nitrogens with zero attached hydrogens (tertiary/aromatic N) is 5. The zero-order chi connectivity index (χ0) is 19.2. The van der Waals surface area contributed by atoms with Crippen LogP contribution >= 0.6 is 24.0 Å². The molecule has 29 heavy (non-hydrogen) atoms. The molecule has 2 aromatic heterocycles. The number of nitrogens with one attached hydrogen (secondary N) is 1. The Bertz CT molecular complexity index is 740. The van der Waals surface area contributed by atoms with Crippen LogP contribution in [0.15, 0.2) is 52.2 Å². The maximum atomic E-state index is 5.73. The summed E-state index contributed by atoms with van der Waals surface area (Å²) in [4.78, 5) is 16.2. The number of guanidine groups is 1. The Hall–Kier alpha value is -1.81. The van der Waals surface area contributed by atoms with Crippen LogP contribution in [0.1, 0.15) is 24.6 Å². The minimum absolute atomic E-state index is 0. The van der Waals surface area contributed by atoms with E-state index in [1.165, 1.54) is 12.8 Å². The number of aliphatic imine (C=N–C) groups is 1. The van der Waals surface area contributed by atoms with Crippen molar-refractivity contribution in [1.29, 1.82) is 0 Å². The lowest BCUT2D eigenvalue weighted by Gasteiger charge is -2.37. The van der Waals surface area contributed by atoms with Gasteiger partial charge in [-0.3, -0.25) is 9.89 Å². The van der Waals surface area contributed by atoms with Crippen molar-refractivity contribution in [3.05, 3.63) is 48.6 Å². The molecule has 4 heterocycles. The predicted octanol–water partition coefficient (Wildman–Crippen LogP) is 2.83. The van der Waals surface area contributed by atoms with Crippen molar-refractivity contribution in [1.82, 2.24) is 20.1 Å². The predicted molar refractivity (Wildman–Crippen MR) is 127 cm³/mol. The zero-order valence-electron chi connectivity index (χ0n) is 17.0. The summed E-state index contributed by atoms with van der Waals surface area (Å²) in [7, 11) is 1.87. The fraction of sp³-hybridized carbons (Fsp3) is 0.524. The van der Waals surface area contributed by atoms with Crippen LogP contribution in [0.2, 0.25) is 0 Å². The largest absolute Gasteiger partial charge is 0.468 e. The normalized spacial score (nSPS) is 19.1. The maximum absolute atomic E-state index is 5.73. The Morgan fingerprint density at radius 1 is 1.10 bits per heavy atom. The summed E-state index contributed by atoms with van der Waals surface area (Å²) in [6.45, 7) is 6.84. The van der Waals surface area contributed by atoms with Crippen molar-refractivity contribution in [2.24, 2.45) is 4.99 Å². The molecule has 8 heteroatoms. The average Bonchev–Trinajstić information content (AvgIpc) is 3.47. The molecular weight excluding hydrogens is 479 g/mol. The molecule has 1 atom stereocenters. The monoisotopic (exact) mass is 510 g/mol. The molecule has 2 aromatic rings. The Kier molecular flexibility index (Phi) is 8.17. The van der Waals surface area contributed by atoms with Gasteiger partial charge in [0.15, 0.2) is 5.96 Å². The van der Waals surface area contributed by atoms with Crippen LogP contribution < -0.4 is 10.2 Å². The highest BCUT2D eigenvalue weighted by atomic mass is 127. The van der Waals surface area contributed by atoms with Gasteiger partial charge in [-0.05, 0) is 50.2 Å². The van der Waals surface area contributed by atoms with Crippen LogP contribution in [0, 0.1) is 0 Å². The molecule has 2 saturated heterocycles. The van der Waals surface area contributed by atoms with Gasteiger partial charge in [-0.15, -0.1) is 24.0 Å². The van der Waals surface area contributed by atoms with Gasteiger partial charge in [0.05, 0.1) is 12.3 Å². The van der Waals surface area contributed by atoms with Crippen LogP contribution in [0.3, 0.4) is 0 Å². The lowest BCUT2D eigenvalue weighted by Crippen LogP contribution is -2.53. The van der Waals surface area contributed by atoms with Gasteiger partial charge in [0, 0.05) is 46.0 Å². The second-order valence-electron chi connectivity index (χ2n) is 7.36. The lowest BCUT2D eigenvalue weighted by molar-refractivity contribution is 0.213. The first-order valence-electron chi connectivity index (χ1n) is 10.2. The zero-order valence-corrected chi connectivity index (χ0v) is 19.4. The van der Waals surface area contributed by atoms with Crippen molar-refractivity contribution in [3.63, 3.8) is 0 Å². The number of hydrogen-bond donors (Lipinski definition) is 1. The molecule has 2 aliphatic rings. The molecule has 0 aliphatic carbocycles. The van der Waals surface area contributed by atoms with Gasteiger partial charge in [0.1, 0.15) is 11.6 Å². The van der Waals surface area contributed by atoms with Crippen molar-refractivity contribution < 1.29 is 4.42 Å². The highest BCUT2D eigenvalue weighted by molar-refractivity contribution is 14.0. The third-order valence-electron chi connectivity index (χ3n) is 5.67. The molecule has 0 amide bonds. The summed E-state index contributed by atoms with van der Waals surface area (Å²) in [5, 5.41) is 3.60. The number of furan rings is 1. The number of piperazine rings is 1. The van der Waals surface area contributed by atoms with Crippen LogP contribution in [-0.4, -0.2) is 73.6 Å². The van der Waals surface area contributed by atoms with E-state index >= 15 is 0 Å². The van der Waals surface area contributed by atoms with Gasteiger partial charge in [-0.25, -0.2) is 4.98 Å². The SMILES string of the molecule is CN=C(NCC(c1ccco1)N1CCCC1)N1CCN(c2ccccn2)CC1.I. The highest BCUT2D eigenvalue weighted by Gasteiger charge is 2.27. The number of halogens is 1. The molecule has 158 valence electrons. The van der Waals surface area contributed by atoms with Crippen LogP contribution in [0.5, 0.6) is 0 Å². The van der Waals surface area contributed by atoms with Gasteiger partial charge >= 0.3 is 0 Å². The van der Waals surface area contributed by atoms with E-state index in [2.05, 4.69) is 42.1 Å². The first-order chi connectivity index (χ1) is 13.8. The Morgan fingerprint density at radius 3 is 2.52 bits per heavy atom. The standard InChI is InChI=1S/C21H30N6O.HI/c1-22-21(27-14-12-26(13-15-27)20-8-2-3-9-23-20)24-17-18(19-7-6-16-28-19)25-10-4-5-11-25;/h2-3,6-9,16,18H,4-5,10-15,17H2,1H3,(H,22,24);1H. The van der Waals surface area contributed by atoms with E-state index in [1.54, 1.807) is 6.26 Å². The quantitative estimate of drug-likeness (QED) is 0.380. The number of pyridine rings is 1. The maximum Gasteiger partial charge on any atom is 0.193 e. The topological polar surface area (TPSA) is 60.1 Å². The Labute approximate surface area is 190 Å². The summed E-state index contributed by atoms with van der Waals surface area (Å²) < 4.78 is 5.73. The number of anilines is 1. The van der Waals surface area contributed by atoms with Crippen LogP contribution in [0.25, 0.3) is 0 Å². The Balaban J connectivity index is 0.00000240. The number of likely N-dealkylation sites (tertiary alicyclic amines) is 1. The number of aromatic nitrogens is 1. The van der Waals surface area contributed by atoms with E-state index in [0.29, 0.717) is 0 Å². The molecule has 7 nitrogen and oxygen atoms in total. The van der Waals surface area contributed by atoms with Gasteiger partial charge in [-0.2, -0.15) is 0 Å². The Morgan fingerprint density at radius 2 is 1.90 bits per heavy atom. The minimum Gasteiger partial charge on any atom is -0.468 e. The van der Waals surface area contributed by atoms with Crippen molar-refractivity contribution in [2.75, 3.05) is 57.8 Å². The van der Waals surface area contributed by atoms with Gasteiger partial charge in [-0.1, -0.05) is 6.07 Å². The molecule has 2 aliphatic heterocycles. The molecule has 2 fully saturated rings. The smallest absolute Gasteiger partial charge is 0.193 e.